The van der Waals surface area contributed by atoms with E-state index in [-0.39, 0.29) is 13.2 Å². The molecule has 4 unspecified atom stereocenters. The number of methoxy groups -OCH3 is 1. The smallest absolute Gasteiger partial charge is 0.407 e. The molecule has 4 aromatic rings. The third kappa shape index (κ3) is 6.75. The number of nitrogens with one attached hydrogen (secondary N) is 2. The maximum Gasteiger partial charge on any atom is 0.407 e. The Morgan fingerprint density at radius 2 is 1.74 bits per heavy atom. The molecule has 2 aromatic heterocycles. The van der Waals surface area contributed by atoms with Crippen molar-refractivity contribution in [2.75, 3.05) is 25.6 Å². The Bertz CT molecular complexity index is 1710. The topological polar surface area (TPSA) is 174 Å². The quantitative estimate of drug-likeness (QED) is 0.193. The van der Waals surface area contributed by atoms with Crippen molar-refractivity contribution in [1.82, 2.24) is 24.8 Å². The number of fused-ring (bicyclic) bond motifs is 2. The number of imidazole rings is 1. The second-order valence-corrected chi connectivity index (χ2v) is 11.0. The van der Waals surface area contributed by atoms with Crippen molar-refractivity contribution in [1.29, 1.82) is 0 Å². The summed E-state index contributed by atoms with van der Waals surface area (Å²) in [7, 11) is 1.22. The van der Waals surface area contributed by atoms with E-state index < -0.39 is 48.4 Å². The minimum absolute atomic E-state index is 0.150. The van der Waals surface area contributed by atoms with Gasteiger partial charge in [-0.2, -0.15) is 0 Å². The highest BCUT2D eigenvalue weighted by Gasteiger charge is 2.56. The van der Waals surface area contributed by atoms with Crippen LogP contribution in [0.25, 0.3) is 11.2 Å². The Kier molecular flexibility index (Phi) is 8.78. The first kappa shape index (κ1) is 30.9. The van der Waals surface area contributed by atoms with Crippen LogP contribution in [-0.2, 0) is 35.0 Å². The van der Waals surface area contributed by atoms with E-state index in [9.17, 15) is 14.4 Å². The number of amides is 1. The first-order valence-corrected chi connectivity index (χ1v) is 14.5. The Hall–Kier alpha value is -5.12. The second kappa shape index (κ2) is 13.1. The zero-order chi connectivity index (χ0) is 32.3. The van der Waals surface area contributed by atoms with Gasteiger partial charge in [-0.1, -0.05) is 30.3 Å². The maximum absolute atomic E-state index is 12.3. The van der Waals surface area contributed by atoms with E-state index in [1.807, 2.05) is 18.2 Å². The molecule has 240 valence electrons. The third-order valence-corrected chi connectivity index (χ3v) is 7.35. The molecule has 2 N–H and O–H groups in total. The molecule has 0 aliphatic carbocycles. The van der Waals surface area contributed by atoms with E-state index in [1.54, 1.807) is 61.1 Å². The second-order valence-electron chi connectivity index (χ2n) is 11.0. The molecule has 2 fully saturated rings. The van der Waals surface area contributed by atoms with E-state index in [4.69, 9.17) is 23.7 Å². The van der Waals surface area contributed by atoms with Gasteiger partial charge >= 0.3 is 18.0 Å². The summed E-state index contributed by atoms with van der Waals surface area (Å²) in [5.41, 5.74) is 2.40. The lowest BCUT2D eigenvalue weighted by Crippen LogP contribution is -2.37. The van der Waals surface area contributed by atoms with E-state index in [0.717, 1.165) is 5.56 Å². The van der Waals surface area contributed by atoms with Crippen molar-refractivity contribution in [3.63, 3.8) is 0 Å². The number of carbonyl (C=O) groups is 3. The molecule has 2 aromatic carbocycles. The van der Waals surface area contributed by atoms with Gasteiger partial charge in [0.05, 0.1) is 19.0 Å². The summed E-state index contributed by atoms with van der Waals surface area (Å²) >= 11 is 0. The van der Waals surface area contributed by atoms with Crippen molar-refractivity contribution in [2.24, 2.45) is 0 Å². The van der Waals surface area contributed by atoms with Gasteiger partial charge in [0.1, 0.15) is 43.5 Å². The number of aromatic nitrogens is 4. The van der Waals surface area contributed by atoms with Gasteiger partial charge in [-0.05, 0) is 43.7 Å². The fraction of sp³-hybridized carbons (Fsp3) is 0.355. The summed E-state index contributed by atoms with van der Waals surface area (Å²) in [6, 6.07) is 15.9. The molecule has 15 heteroatoms. The molecule has 15 nitrogen and oxygen atoms in total. The van der Waals surface area contributed by atoms with Crippen LogP contribution in [-0.4, -0.2) is 81.9 Å². The highest BCUT2D eigenvalue weighted by molar-refractivity contribution is 5.91. The fourth-order valence-corrected chi connectivity index (χ4v) is 5.21. The molecule has 2 aliphatic rings. The van der Waals surface area contributed by atoms with Crippen LogP contribution in [0.3, 0.4) is 0 Å². The van der Waals surface area contributed by atoms with Gasteiger partial charge in [0.25, 0.3) is 0 Å². The highest BCUT2D eigenvalue weighted by Crippen LogP contribution is 2.44. The van der Waals surface area contributed by atoms with Crippen LogP contribution in [0.5, 0.6) is 5.75 Å². The predicted octanol–water partition coefficient (Wildman–Crippen LogP) is 2.97. The van der Waals surface area contributed by atoms with Gasteiger partial charge in [-0.15, -0.1) is 0 Å². The van der Waals surface area contributed by atoms with Crippen LogP contribution < -0.4 is 15.4 Å². The lowest BCUT2D eigenvalue weighted by Gasteiger charge is -2.24. The lowest BCUT2D eigenvalue weighted by atomic mass is 10.1. The summed E-state index contributed by atoms with van der Waals surface area (Å²) in [4.78, 5) is 49.1. The standard InChI is InChI=1S/C31H32N6O9/c1-31(2)45-24-21(15-42-30(40)33-14-22(38)41-3)44-28(25(24)46-31)37-17-36-23-26(34-16-35-27(23)37)32-13-18-9-11-20(12-10-18)43-29(39)19-7-5-4-6-8-19/h4-12,16-17,21,24-25,28H,13-15H2,1-3H3,(H,33,40)(H,32,34,35). The van der Waals surface area contributed by atoms with Crippen LogP contribution in [0, 0.1) is 0 Å². The molecule has 4 atom stereocenters. The SMILES string of the molecule is COC(=O)CNC(=O)OCC1OC(n2cnc3c(NCc4ccc(OC(=O)c5ccccc5)cc4)ncnc32)C2OC(C)(C)OC12. The van der Waals surface area contributed by atoms with Crippen LogP contribution in [0.4, 0.5) is 10.6 Å². The molecule has 2 saturated heterocycles. The number of benzene rings is 2. The van der Waals surface area contributed by atoms with Gasteiger partial charge in [-0.25, -0.2) is 24.5 Å². The van der Waals surface area contributed by atoms with E-state index >= 15 is 0 Å². The molecular formula is C31H32N6O9. The Balaban J connectivity index is 1.12. The van der Waals surface area contributed by atoms with Crippen LogP contribution >= 0.6 is 0 Å². The van der Waals surface area contributed by atoms with Crippen LogP contribution in [0.1, 0.15) is 36.0 Å². The number of ether oxygens (including phenoxy) is 6. The van der Waals surface area contributed by atoms with Gasteiger partial charge < -0.3 is 39.1 Å². The molecule has 0 radical (unpaired) electrons. The summed E-state index contributed by atoms with van der Waals surface area (Å²) in [6.07, 6.45) is -0.274. The molecule has 2 aliphatic heterocycles. The minimum Gasteiger partial charge on any atom is -0.468 e. The monoisotopic (exact) mass is 632 g/mol. The number of carbonyl (C=O) groups excluding carboxylic acids is 3. The number of nitrogens with zero attached hydrogens (tertiary/aromatic N) is 4. The average molecular weight is 633 g/mol. The maximum atomic E-state index is 12.3. The number of hydrogen-bond donors (Lipinski definition) is 2. The predicted molar refractivity (Wildman–Crippen MR) is 160 cm³/mol. The molecule has 0 spiro atoms. The largest absolute Gasteiger partial charge is 0.468 e. The van der Waals surface area contributed by atoms with Crippen molar-refractivity contribution >= 4 is 35.0 Å². The molecule has 1 amide bonds. The molecule has 4 heterocycles. The van der Waals surface area contributed by atoms with Gasteiger partial charge in [0.2, 0.25) is 0 Å². The van der Waals surface area contributed by atoms with Gasteiger partial charge in [-0.3, -0.25) is 9.36 Å². The first-order valence-electron chi connectivity index (χ1n) is 14.5. The van der Waals surface area contributed by atoms with Crippen molar-refractivity contribution in [3.05, 3.63) is 78.4 Å². The fourth-order valence-electron chi connectivity index (χ4n) is 5.21. The molecule has 0 saturated carbocycles. The number of rotatable bonds is 10. The lowest BCUT2D eigenvalue weighted by molar-refractivity contribution is -0.199. The van der Waals surface area contributed by atoms with E-state index in [2.05, 4.69) is 30.3 Å². The number of alkyl carbamates (subject to hydrolysis) is 1. The van der Waals surface area contributed by atoms with E-state index in [1.165, 1.54) is 13.4 Å². The van der Waals surface area contributed by atoms with Crippen LogP contribution in [0.15, 0.2) is 67.3 Å². The summed E-state index contributed by atoms with van der Waals surface area (Å²) in [5.74, 6) is -1.01. The molecular weight excluding hydrogens is 600 g/mol. The number of anilines is 1. The average Bonchev–Trinajstić information content (AvgIpc) is 3.73. The van der Waals surface area contributed by atoms with Crippen LogP contribution in [0.2, 0.25) is 0 Å². The molecule has 0 bridgehead atoms. The normalized spacial score (nSPS) is 21.4. The highest BCUT2D eigenvalue weighted by atomic mass is 16.8. The molecule has 6 rings (SSSR count). The Morgan fingerprint density at radius 1 is 0.978 bits per heavy atom. The third-order valence-electron chi connectivity index (χ3n) is 7.35. The zero-order valence-corrected chi connectivity index (χ0v) is 25.2. The summed E-state index contributed by atoms with van der Waals surface area (Å²) < 4.78 is 35.5. The van der Waals surface area contributed by atoms with Crippen molar-refractivity contribution in [2.45, 2.75) is 50.7 Å². The Morgan fingerprint density at radius 3 is 2.50 bits per heavy atom. The van der Waals surface area contributed by atoms with Crippen molar-refractivity contribution in [3.8, 4) is 5.75 Å². The van der Waals surface area contributed by atoms with Gasteiger partial charge in [0.15, 0.2) is 29.0 Å². The van der Waals surface area contributed by atoms with Crippen molar-refractivity contribution < 1.29 is 42.8 Å². The minimum atomic E-state index is -0.906. The zero-order valence-electron chi connectivity index (χ0n) is 25.2. The number of esters is 2. The van der Waals surface area contributed by atoms with E-state index in [0.29, 0.717) is 34.8 Å². The van der Waals surface area contributed by atoms with Gasteiger partial charge in [0, 0.05) is 6.54 Å². The summed E-state index contributed by atoms with van der Waals surface area (Å²) in [5, 5.41) is 5.61. The number of hydrogen-bond acceptors (Lipinski definition) is 13. The first-order chi connectivity index (χ1) is 22.2. The summed E-state index contributed by atoms with van der Waals surface area (Å²) in [6.45, 7) is 3.52. The molecule has 46 heavy (non-hydrogen) atoms. The Labute approximate surface area is 263 Å².